The number of hydrogen-bond acceptors (Lipinski definition) is 3. The molecule has 1 heterocycles. The van der Waals surface area contributed by atoms with Gasteiger partial charge < -0.3 is 10.6 Å². The maximum atomic E-state index is 12.4. The summed E-state index contributed by atoms with van der Waals surface area (Å²) >= 11 is 7.65. The number of fused-ring (bicyclic) bond motifs is 1. The van der Waals surface area contributed by atoms with Gasteiger partial charge in [-0.2, -0.15) is 0 Å². The number of thioether (sulfide) groups is 1. The van der Waals surface area contributed by atoms with Crippen LogP contribution in [0.1, 0.15) is 15.9 Å². The number of benzene rings is 2. The van der Waals surface area contributed by atoms with Gasteiger partial charge in [0.25, 0.3) is 5.91 Å². The van der Waals surface area contributed by atoms with E-state index in [-0.39, 0.29) is 11.8 Å². The van der Waals surface area contributed by atoms with Gasteiger partial charge in [-0.25, -0.2) is 0 Å². The Hall–Kier alpha value is -1.98. The van der Waals surface area contributed by atoms with Gasteiger partial charge in [0.1, 0.15) is 0 Å². The molecule has 0 saturated heterocycles. The van der Waals surface area contributed by atoms with Gasteiger partial charge in [-0.15, -0.1) is 11.8 Å². The molecule has 0 aromatic heterocycles. The zero-order chi connectivity index (χ0) is 15.7. The topological polar surface area (TPSA) is 58.2 Å². The van der Waals surface area contributed by atoms with Crippen molar-refractivity contribution in [2.45, 2.75) is 11.3 Å². The maximum absolute atomic E-state index is 12.4. The zero-order valence-corrected chi connectivity index (χ0v) is 13.3. The Morgan fingerprint density at radius 3 is 2.86 bits per heavy atom. The number of anilines is 2. The van der Waals surface area contributed by atoms with Gasteiger partial charge >= 0.3 is 0 Å². The summed E-state index contributed by atoms with van der Waals surface area (Å²) in [5, 5.41) is 5.99. The Morgan fingerprint density at radius 2 is 2.09 bits per heavy atom. The van der Waals surface area contributed by atoms with Crippen molar-refractivity contribution < 1.29 is 9.59 Å². The van der Waals surface area contributed by atoms with Crippen LogP contribution in [0.3, 0.4) is 0 Å². The molecule has 0 aliphatic carbocycles. The summed E-state index contributed by atoms with van der Waals surface area (Å²) in [7, 11) is 0. The second-order valence-corrected chi connectivity index (χ2v) is 6.18. The molecule has 0 atom stereocenters. The average Bonchev–Trinajstić information content (AvgIpc) is 2.87. The van der Waals surface area contributed by atoms with Crippen molar-refractivity contribution in [3.05, 3.63) is 52.5 Å². The van der Waals surface area contributed by atoms with E-state index in [1.165, 1.54) is 0 Å². The predicted octanol–water partition coefficient (Wildman–Crippen LogP) is 3.81. The number of carbonyl (C=O) groups excluding carboxylic acids is 2. The first-order chi connectivity index (χ1) is 10.6. The molecule has 2 amide bonds. The molecule has 0 bridgehead atoms. The number of rotatable bonds is 3. The third kappa shape index (κ3) is 2.96. The lowest BCUT2D eigenvalue weighted by Gasteiger charge is -2.09. The van der Waals surface area contributed by atoms with E-state index in [4.69, 9.17) is 11.6 Å². The average molecular weight is 333 g/mol. The van der Waals surface area contributed by atoms with Crippen molar-refractivity contribution in [3.8, 4) is 0 Å². The van der Waals surface area contributed by atoms with Crippen molar-refractivity contribution in [2.75, 3.05) is 16.9 Å². The van der Waals surface area contributed by atoms with Crippen molar-refractivity contribution in [1.82, 2.24) is 0 Å². The molecule has 2 N–H and O–H groups in total. The van der Waals surface area contributed by atoms with Gasteiger partial charge in [0.15, 0.2) is 0 Å². The molecule has 1 aliphatic rings. The lowest BCUT2D eigenvalue weighted by Crippen LogP contribution is -2.12. The van der Waals surface area contributed by atoms with Crippen LogP contribution in [0.15, 0.2) is 41.3 Å². The van der Waals surface area contributed by atoms with Crippen molar-refractivity contribution in [3.63, 3.8) is 0 Å². The summed E-state index contributed by atoms with van der Waals surface area (Å²) in [5.41, 5.74) is 2.76. The van der Waals surface area contributed by atoms with E-state index in [9.17, 15) is 9.59 Å². The number of carbonyl (C=O) groups is 2. The third-order valence-corrected chi connectivity index (χ3v) is 4.46. The largest absolute Gasteiger partial charge is 0.326 e. The Bertz CT molecular complexity index is 777. The second kappa shape index (κ2) is 6.02. The molecule has 2 aromatic rings. The number of amides is 2. The van der Waals surface area contributed by atoms with Gasteiger partial charge in [0.05, 0.1) is 17.0 Å². The molecule has 0 saturated carbocycles. The minimum atomic E-state index is -0.266. The van der Waals surface area contributed by atoms with Crippen LogP contribution in [0, 0.1) is 0 Å². The predicted molar refractivity (Wildman–Crippen MR) is 90.0 cm³/mol. The van der Waals surface area contributed by atoms with Crippen molar-refractivity contribution >= 4 is 46.6 Å². The quantitative estimate of drug-likeness (QED) is 0.840. The first kappa shape index (κ1) is 14.9. The van der Waals surface area contributed by atoms with E-state index in [0.717, 1.165) is 16.1 Å². The molecule has 0 unspecified atom stereocenters. The smallest absolute Gasteiger partial charge is 0.257 e. The van der Waals surface area contributed by atoms with E-state index in [0.29, 0.717) is 22.7 Å². The van der Waals surface area contributed by atoms with E-state index in [1.807, 2.05) is 12.3 Å². The van der Waals surface area contributed by atoms with Crippen LogP contribution in [0.25, 0.3) is 0 Å². The molecule has 0 radical (unpaired) electrons. The van der Waals surface area contributed by atoms with E-state index in [1.54, 1.807) is 42.1 Å². The Balaban J connectivity index is 1.83. The summed E-state index contributed by atoms with van der Waals surface area (Å²) in [6, 6.07) is 10.7. The summed E-state index contributed by atoms with van der Waals surface area (Å²) in [6.07, 6.45) is 2.27. The molecular formula is C16H13ClN2O2S. The van der Waals surface area contributed by atoms with Crippen LogP contribution in [0.4, 0.5) is 11.4 Å². The van der Waals surface area contributed by atoms with E-state index >= 15 is 0 Å². The molecule has 0 spiro atoms. The van der Waals surface area contributed by atoms with Gasteiger partial charge in [0.2, 0.25) is 5.91 Å². The second-order valence-electron chi connectivity index (χ2n) is 4.90. The fraction of sp³-hybridized carbons (Fsp3) is 0.125. The standard InChI is InChI=1S/C16H13ClN2O2S/c1-22-11-3-4-13(17)12(8-11)16(21)18-10-2-5-14-9(6-10)7-15(20)19-14/h2-6,8H,7H2,1H3,(H,18,21)(H,19,20). The summed E-state index contributed by atoms with van der Waals surface area (Å²) < 4.78 is 0. The van der Waals surface area contributed by atoms with E-state index in [2.05, 4.69) is 10.6 Å². The minimum Gasteiger partial charge on any atom is -0.326 e. The lowest BCUT2D eigenvalue weighted by atomic mass is 10.1. The Kier molecular flexibility index (Phi) is 4.09. The molecule has 2 aromatic carbocycles. The molecule has 4 nitrogen and oxygen atoms in total. The molecular weight excluding hydrogens is 320 g/mol. The SMILES string of the molecule is CSc1ccc(Cl)c(C(=O)Nc2ccc3c(c2)CC(=O)N3)c1. The van der Waals surface area contributed by atoms with E-state index < -0.39 is 0 Å². The number of halogens is 1. The maximum Gasteiger partial charge on any atom is 0.257 e. The monoisotopic (exact) mass is 332 g/mol. The highest BCUT2D eigenvalue weighted by Gasteiger charge is 2.18. The summed E-state index contributed by atoms with van der Waals surface area (Å²) in [4.78, 5) is 24.7. The fourth-order valence-electron chi connectivity index (χ4n) is 2.31. The first-order valence-corrected chi connectivity index (χ1v) is 8.25. The lowest BCUT2D eigenvalue weighted by molar-refractivity contribution is -0.115. The van der Waals surface area contributed by atoms with Crippen LogP contribution < -0.4 is 10.6 Å². The summed E-state index contributed by atoms with van der Waals surface area (Å²) in [6.45, 7) is 0. The zero-order valence-electron chi connectivity index (χ0n) is 11.8. The fourth-order valence-corrected chi connectivity index (χ4v) is 2.95. The normalized spacial score (nSPS) is 12.7. The minimum absolute atomic E-state index is 0.0332. The van der Waals surface area contributed by atoms with Crippen molar-refractivity contribution in [2.24, 2.45) is 0 Å². The first-order valence-electron chi connectivity index (χ1n) is 6.64. The van der Waals surface area contributed by atoms with Crippen LogP contribution in [-0.2, 0) is 11.2 Å². The molecule has 0 fully saturated rings. The van der Waals surface area contributed by atoms with Gasteiger partial charge in [-0.1, -0.05) is 11.6 Å². The van der Waals surface area contributed by atoms with Crippen LogP contribution >= 0.6 is 23.4 Å². The number of hydrogen-bond donors (Lipinski definition) is 2. The molecule has 112 valence electrons. The van der Waals surface area contributed by atoms with Gasteiger partial charge in [0, 0.05) is 16.3 Å². The third-order valence-electron chi connectivity index (χ3n) is 3.41. The summed E-state index contributed by atoms with van der Waals surface area (Å²) in [5.74, 6) is -0.299. The molecule has 1 aliphatic heterocycles. The Morgan fingerprint density at radius 1 is 1.27 bits per heavy atom. The molecule has 6 heteroatoms. The highest BCUT2D eigenvalue weighted by atomic mass is 35.5. The molecule has 3 rings (SSSR count). The highest BCUT2D eigenvalue weighted by molar-refractivity contribution is 7.98. The highest BCUT2D eigenvalue weighted by Crippen LogP contribution is 2.27. The van der Waals surface area contributed by atoms with Gasteiger partial charge in [-0.05, 0) is 48.2 Å². The molecule has 22 heavy (non-hydrogen) atoms. The van der Waals surface area contributed by atoms with Crippen molar-refractivity contribution in [1.29, 1.82) is 0 Å². The number of nitrogens with one attached hydrogen (secondary N) is 2. The van der Waals surface area contributed by atoms with Crippen LogP contribution in [0.2, 0.25) is 5.02 Å². The van der Waals surface area contributed by atoms with Gasteiger partial charge in [-0.3, -0.25) is 9.59 Å². The Labute approximate surface area is 137 Å². The van der Waals surface area contributed by atoms with Crippen LogP contribution in [0.5, 0.6) is 0 Å². The van der Waals surface area contributed by atoms with Crippen LogP contribution in [-0.4, -0.2) is 18.1 Å².